The Kier molecular flexibility index (Phi) is 6.47. The van der Waals surface area contributed by atoms with Crippen molar-refractivity contribution in [1.29, 1.82) is 0 Å². The van der Waals surface area contributed by atoms with Gasteiger partial charge in [-0.15, -0.1) is 0 Å². The van der Waals surface area contributed by atoms with E-state index in [4.69, 9.17) is 11.6 Å². The average Bonchev–Trinajstić information content (AvgIpc) is 3.61. The molecule has 2 aromatic rings. The van der Waals surface area contributed by atoms with E-state index in [1.165, 1.54) is 5.56 Å². The van der Waals surface area contributed by atoms with Gasteiger partial charge in [0.15, 0.2) is 0 Å². The lowest BCUT2D eigenvalue weighted by Crippen LogP contribution is -2.54. The molecule has 4 unspecified atom stereocenters. The highest BCUT2D eigenvalue weighted by atomic mass is 35.5. The topological polar surface area (TPSA) is 77.9 Å². The predicted octanol–water partition coefficient (Wildman–Crippen LogP) is 5.87. The van der Waals surface area contributed by atoms with Crippen molar-refractivity contribution in [2.75, 3.05) is 4.90 Å². The normalized spacial score (nSPS) is 26.1. The molecule has 1 N–H and O–H groups in total. The fraction of sp³-hybridized carbons (Fsp3) is 0.500. The summed E-state index contributed by atoms with van der Waals surface area (Å²) in [4.78, 5) is 43.1. The minimum Gasteiger partial charge on any atom is -0.481 e. The number of fused-ring (bicyclic) bond motifs is 3. The number of rotatable bonds is 6. The van der Waals surface area contributed by atoms with Crippen molar-refractivity contribution in [2.24, 2.45) is 5.92 Å². The second-order valence-electron chi connectivity index (χ2n) is 11.1. The maximum absolute atomic E-state index is 14.4. The van der Waals surface area contributed by atoms with Crippen LogP contribution in [0.3, 0.4) is 0 Å². The Hall–Kier alpha value is -2.86. The molecule has 2 fully saturated rings. The Morgan fingerprint density at radius 3 is 2.54 bits per heavy atom. The number of hydrogen-bond donors (Lipinski definition) is 1. The summed E-state index contributed by atoms with van der Waals surface area (Å²) in [5, 5.41) is 9.78. The summed E-state index contributed by atoms with van der Waals surface area (Å²) in [5.74, 6) is -0.955. The van der Waals surface area contributed by atoms with Crippen LogP contribution in [0.4, 0.5) is 5.69 Å². The summed E-state index contributed by atoms with van der Waals surface area (Å²) in [6.07, 6.45) is 7.40. The van der Waals surface area contributed by atoms with Crippen molar-refractivity contribution < 1.29 is 19.5 Å². The number of aryl methyl sites for hydroxylation is 1. The molecular weight excluding hydrogens is 488 g/mol. The van der Waals surface area contributed by atoms with Gasteiger partial charge in [0, 0.05) is 29.4 Å². The van der Waals surface area contributed by atoms with Crippen LogP contribution in [0.5, 0.6) is 0 Å². The monoisotopic (exact) mass is 520 g/mol. The Labute approximate surface area is 222 Å². The summed E-state index contributed by atoms with van der Waals surface area (Å²) in [6.45, 7) is 0. The first-order chi connectivity index (χ1) is 17.9. The first-order valence-corrected chi connectivity index (χ1v) is 14.0. The van der Waals surface area contributed by atoms with Crippen molar-refractivity contribution in [3.8, 4) is 0 Å². The Morgan fingerprint density at radius 1 is 0.946 bits per heavy atom. The van der Waals surface area contributed by atoms with E-state index in [2.05, 4.69) is 12.1 Å². The Morgan fingerprint density at radius 2 is 1.76 bits per heavy atom. The van der Waals surface area contributed by atoms with Crippen LogP contribution in [0.2, 0.25) is 5.02 Å². The van der Waals surface area contributed by atoms with Gasteiger partial charge in [-0.2, -0.15) is 0 Å². The fourth-order valence-corrected chi connectivity index (χ4v) is 7.31. The van der Waals surface area contributed by atoms with Crippen molar-refractivity contribution >= 4 is 35.1 Å². The first kappa shape index (κ1) is 24.5. The molecule has 2 amide bonds. The van der Waals surface area contributed by atoms with Crippen LogP contribution in [-0.2, 0) is 20.8 Å². The van der Waals surface area contributed by atoms with E-state index in [-0.39, 0.29) is 54.6 Å². The molecule has 2 saturated carbocycles. The van der Waals surface area contributed by atoms with E-state index in [0.717, 1.165) is 68.2 Å². The molecule has 7 heteroatoms. The third kappa shape index (κ3) is 4.43. The summed E-state index contributed by atoms with van der Waals surface area (Å²) in [6, 6.07) is 14.1. The van der Waals surface area contributed by atoms with Crippen LogP contribution in [0.15, 0.2) is 42.5 Å². The highest BCUT2D eigenvalue weighted by Gasteiger charge is 2.52. The smallest absolute Gasteiger partial charge is 0.303 e. The van der Waals surface area contributed by atoms with Gasteiger partial charge in [0.05, 0.1) is 24.1 Å². The molecule has 37 heavy (non-hydrogen) atoms. The van der Waals surface area contributed by atoms with Gasteiger partial charge in [-0.3, -0.25) is 14.4 Å². The van der Waals surface area contributed by atoms with Crippen LogP contribution < -0.4 is 4.90 Å². The lowest BCUT2D eigenvalue weighted by Gasteiger charge is -2.49. The second-order valence-corrected chi connectivity index (χ2v) is 11.5. The van der Waals surface area contributed by atoms with E-state index >= 15 is 0 Å². The second kappa shape index (κ2) is 9.79. The molecule has 4 atom stereocenters. The van der Waals surface area contributed by atoms with Gasteiger partial charge >= 0.3 is 5.97 Å². The number of anilines is 1. The zero-order chi connectivity index (χ0) is 25.7. The van der Waals surface area contributed by atoms with Gasteiger partial charge < -0.3 is 14.9 Å². The number of halogens is 1. The molecule has 6 nitrogen and oxygen atoms in total. The number of carbonyl (C=O) groups excluding carboxylic acids is 2. The Bertz CT molecular complexity index is 1240. The number of carbonyl (C=O) groups is 3. The molecule has 1 heterocycles. The maximum atomic E-state index is 14.4. The molecule has 0 aromatic heterocycles. The number of amides is 2. The van der Waals surface area contributed by atoms with Crippen molar-refractivity contribution in [3.05, 3.63) is 64.2 Å². The molecule has 4 aliphatic rings. The summed E-state index contributed by atoms with van der Waals surface area (Å²) < 4.78 is 0. The van der Waals surface area contributed by atoms with Gasteiger partial charge in [0.25, 0.3) is 0 Å². The third-order valence-electron chi connectivity index (χ3n) is 8.83. The number of benzene rings is 2. The van der Waals surface area contributed by atoms with Crippen molar-refractivity contribution in [2.45, 2.75) is 88.3 Å². The van der Waals surface area contributed by atoms with Gasteiger partial charge in [-0.05, 0) is 73.8 Å². The van der Waals surface area contributed by atoms with Crippen LogP contribution in [0.1, 0.15) is 86.4 Å². The lowest BCUT2D eigenvalue weighted by atomic mass is 9.78. The zero-order valence-electron chi connectivity index (χ0n) is 20.9. The fourth-order valence-electron chi connectivity index (χ4n) is 7.14. The van der Waals surface area contributed by atoms with Gasteiger partial charge in [0.1, 0.15) is 0 Å². The molecule has 194 valence electrons. The number of nitrogens with zero attached hydrogens (tertiary/aromatic N) is 2. The maximum Gasteiger partial charge on any atom is 0.303 e. The summed E-state index contributed by atoms with van der Waals surface area (Å²) in [5.41, 5.74) is 4.20. The lowest BCUT2D eigenvalue weighted by molar-refractivity contribution is -0.143. The predicted molar refractivity (Wildman–Crippen MR) is 142 cm³/mol. The number of carboxylic acid groups (broad SMARTS) is 1. The molecule has 3 aliphatic carbocycles. The molecular formula is C30H33ClN2O4. The van der Waals surface area contributed by atoms with Crippen LogP contribution in [-0.4, -0.2) is 39.9 Å². The van der Waals surface area contributed by atoms with Crippen LogP contribution in [0, 0.1) is 5.92 Å². The van der Waals surface area contributed by atoms with Gasteiger partial charge in [-0.25, -0.2) is 0 Å². The van der Waals surface area contributed by atoms with Crippen molar-refractivity contribution in [3.63, 3.8) is 0 Å². The highest BCUT2D eigenvalue weighted by Crippen LogP contribution is 2.54. The standard InChI is InChI=1S/C30H33ClN2O4/c31-19-11-14-24-26(17-19)33(30(37)22-8-3-6-18-5-1-2-7-21(18)22)25-10-4-9-23(25)29(24)32(20-12-13-20)27(34)15-16-28(35)36/h1-2,5,7,11,14,17,20,22-23,25,29H,3-4,6,8-10,12-13,15-16H2,(H,35,36). The molecule has 2 aromatic carbocycles. The highest BCUT2D eigenvalue weighted by molar-refractivity contribution is 6.31. The average molecular weight is 521 g/mol. The van der Waals surface area contributed by atoms with Gasteiger partial charge in [-0.1, -0.05) is 48.4 Å². The molecule has 1 aliphatic heterocycles. The quantitative estimate of drug-likeness (QED) is 0.516. The summed E-state index contributed by atoms with van der Waals surface area (Å²) >= 11 is 6.52. The van der Waals surface area contributed by atoms with Crippen molar-refractivity contribution in [1.82, 2.24) is 4.90 Å². The van der Waals surface area contributed by atoms with Crippen LogP contribution in [0.25, 0.3) is 0 Å². The first-order valence-electron chi connectivity index (χ1n) is 13.7. The number of carboxylic acids is 1. The van der Waals surface area contributed by atoms with Gasteiger partial charge in [0.2, 0.25) is 11.8 Å². The van der Waals surface area contributed by atoms with Crippen LogP contribution >= 0.6 is 11.6 Å². The summed E-state index contributed by atoms with van der Waals surface area (Å²) in [7, 11) is 0. The minimum absolute atomic E-state index is 0.00411. The molecule has 0 bridgehead atoms. The zero-order valence-corrected chi connectivity index (χ0v) is 21.7. The van der Waals surface area contributed by atoms with E-state index in [0.29, 0.717) is 5.02 Å². The minimum atomic E-state index is -0.955. The van der Waals surface area contributed by atoms with E-state index in [1.54, 1.807) is 0 Å². The van der Waals surface area contributed by atoms with E-state index < -0.39 is 5.97 Å². The SMILES string of the molecule is O=C(O)CCC(=O)N(C1CC1)C1c2ccc(Cl)cc2N(C(=O)C2CCCc3ccccc32)C2CCCC21. The number of hydrogen-bond acceptors (Lipinski definition) is 3. The molecule has 6 rings (SSSR count). The van der Waals surface area contributed by atoms with E-state index in [1.807, 2.05) is 40.1 Å². The third-order valence-corrected chi connectivity index (χ3v) is 9.06. The van der Waals surface area contributed by atoms with E-state index in [9.17, 15) is 19.5 Å². The molecule has 0 saturated heterocycles. The number of aliphatic carboxylic acids is 1. The Balaban J connectivity index is 1.42. The largest absolute Gasteiger partial charge is 0.481 e. The molecule has 0 spiro atoms. The molecule has 0 radical (unpaired) electrons.